The number of nitrogens with one attached hydrogen (secondary N) is 1. The molecule has 0 saturated heterocycles. The molecule has 0 bridgehead atoms. The van der Waals surface area contributed by atoms with Crippen LogP contribution in [0.25, 0.3) is 0 Å². The van der Waals surface area contributed by atoms with E-state index in [0.717, 1.165) is 4.47 Å². The third-order valence-corrected chi connectivity index (χ3v) is 4.16. The number of rotatable bonds is 3. The van der Waals surface area contributed by atoms with Gasteiger partial charge in [0.1, 0.15) is 5.82 Å². The van der Waals surface area contributed by atoms with Gasteiger partial charge in [0.15, 0.2) is 0 Å². The minimum absolute atomic E-state index is 0.0452. The molecule has 0 saturated carbocycles. The van der Waals surface area contributed by atoms with Gasteiger partial charge in [0, 0.05) is 10.5 Å². The number of hydrogen-bond donors (Lipinski definition) is 1. The Labute approximate surface area is 128 Å². The van der Waals surface area contributed by atoms with Gasteiger partial charge >= 0.3 is 0 Å². The van der Waals surface area contributed by atoms with E-state index in [1.165, 1.54) is 28.3 Å². The molecule has 1 N–H and O–H groups in total. The highest BCUT2D eigenvalue weighted by Crippen LogP contribution is 2.31. The molecule has 3 heteroatoms. The van der Waals surface area contributed by atoms with Crippen LogP contribution >= 0.6 is 15.9 Å². The number of para-hydroxylation sites is 1. The lowest BCUT2D eigenvalue weighted by molar-refractivity contribution is 0.626. The van der Waals surface area contributed by atoms with Gasteiger partial charge in [0.2, 0.25) is 0 Å². The molecule has 1 nitrogen and oxygen atoms in total. The lowest BCUT2D eigenvalue weighted by Gasteiger charge is -2.22. The lowest BCUT2D eigenvalue weighted by atomic mass is 9.95. The quantitative estimate of drug-likeness (QED) is 0.760. The molecular weight excluding hydrogens is 317 g/mol. The van der Waals surface area contributed by atoms with Crippen molar-refractivity contribution in [1.82, 2.24) is 0 Å². The fourth-order valence-corrected chi connectivity index (χ4v) is 3.26. The minimum Gasteiger partial charge on any atom is -0.375 e. The predicted molar refractivity (Wildman–Crippen MR) is 86.8 cm³/mol. The molecule has 0 fully saturated rings. The zero-order valence-corrected chi connectivity index (χ0v) is 13.8. The topological polar surface area (TPSA) is 12.0 Å². The van der Waals surface area contributed by atoms with Gasteiger partial charge in [-0.1, -0.05) is 23.8 Å². The van der Waals surface area contributed by atoms with Crippen molar-refractivity contribution in [3.63, 3.8) is 0 Å². The third-order valence-electron chi connectivity index (χ3n) is 3.49. The van der Waals surface area contributed by atoms with E-state index in [2.05, 4.69) is 61.1 Å². The molecular formula is C17H19BrFN. The standard InChI is InChI=1S/C17H19BrFN/c1-10-8-11(2)16(12(3)9-10)13(4)20-17-14(18)6-5-7-15(17)19/h5-9,13,20H,1-4H3. The molecule has 2 aromatic rings. The Hall–Kier alpha value is -1.35. The Morgan fingerprint density at radius 2 is 1.70 bits per heavy atom. The number of halogens is 2. The smallest absolute Gasteiger partial charge is 0.147 e. The maximum absolute atomic E-state index is 13.9. The van der Waals surface area contributed by atoms with Gasteiger partial charge in [-0.25, -0.2) is 4.39 Å². The van der Waals surface area contributed by atoms with Crippen molar-refractivity contribution < 1.29 is 4.39 Å². The Bertz CT molecular complexity index is 594. The summed E-state index contributed by atoms with van der Waals surface area (Å²) in [7, 11) is 0. The van der Waals surface area contributed by atoms with E-state index >= 15 is 0 Å². The summed E-state index contributed by atoms with van der Waals surface area (Å²) in [6.45, 7) is 8.35. The van der Waals surface area contributed by atoms with Crippen molar-refractivity contribution in [1.29, 1.82) is 0 Å². The number of benzene rings is 2. The van der Waals surface area contributed by atoms with Gasteiger partial charge in [-0.15, -0.1) is 0 Å². The third kappa shape index (κ3) is 3.04. The Morgan fingerprint density at radius 1 is 1.10 bits per heavy atom. The van der Waals surface area contributed by atoms with Crippen LogP contribution in [0.1, 0.15) is 35.2 Å². The first-order chi connectivity index (χ1) is 9.40. The summed E-state index contributed by atoms with van der Waals surface area (Å²) in [5, 5.41) is 3.27. The average Bonchev–Trinajstić information content (AvgIpc) is 2.32. The zero-order valence-electron chi connectivity index (χ0n) is 12.2. The molecule has 1 unspecified atom stereocenters. The van der Waals surface area contributed by atoms with Crippen molar-refractivity contribution in [2.75, 3.05) is 5.32 Å². The van der Waals surface area contributed by atoms with Gasteiger partial charge in [-0.05, 0) is 72.4 Å². The van der Waals surface area contributed by atoms with Crippen molar-refractivity contribution in [3.05, 3.63) is 62.9 Å². The van der Waals surface area contributed by atoms with Gasteiger partial charge in [0.05, 0.1) is 5.69 Å². The van der Waals surface area contributed by atoms with Crippen LogP contribution in [0.5, 0.6) is 0 Å². The van der Waals surface area contributed by atoms with Gasteiger partial charge in [-0.3, -0.25) is 0 Å². The van der Waals surface area contributed by atoms with Crippen LogP contribution in [-0.4, -0.2) is 0 Å². The molecule has 0 aliphatic heterocycles. The Morgan fingerprint density at radius 3 is 2.25 bits per heavy atom. The molecule has 0 amide bonds. The van der Waals surface area contributed by atoms with Gasteiger partial charge < -0.3 is 5.32 Å². The first kappa shape index (κ1) is 15.0. The first-order valence-corrected chi connectivity index (χ1v) is 7.47. The molecule has 20 heavy (non-hydrogen) atoms. The van der Waals surface area contributed by atoms with E-state index in [4.69, 9.17) is 0 Å². The number of hydrogen-bond acceptors (Lipinski definition) is 1. The van der Waals surface area contributed by atoms with Gasteiger partial charge in [-0.2, -0.15) is 0 Å². The molecule has 2 rings (SSSR count). The molecule has 0 radical (unpaired) electrons. The molecule has 0 spiro atoms. The van der Waals surface area contributed by atoms with Crippen molar-refractivity contribution in [3.8, 4) is 0 Å². The van der Waals surface area contributed by atoms with Crippen LogP contribution in [0.3, 0.4) is 0 Å². The highest BCUT2D eigenvalue weighted by atomic mass is 79.9. The van der Waals surface area contributed by atoms with Gasteiger partial charge in [0.25, 0.3) is 0 Å². The molecule has 0 aromatic heterocycles. The second-order valence-electron chi connectivity index (χ2n) is 5.28. The summed E-state index contributed by atoms with van der Waals surface area (Å²) in [4.78, 5) is 0. The SMILES string of the molecule is Cc1cc(C)c(C(C)Nc2c(F)cccc2Br)c(C)c1. The van der Waals surface area contributed by atoms with Crippen LogP contribution in [0.4, 0.5) is 10.1 Å². The first-order valence-electron chi connectivity index (χ1n) is 6.68. The van der Waals surface area contributed by atoms with E-state index in [1.54, 1.807) is 6.07 Å². The number of anilines is 1. The average molecular weight is 336 g/mol. The summed E-state index contributed by atoms with van der Waals surface area (Å²) in [6, 6.07) is 9.37. The maximum Gasteiger partial charge on any atom is 0.147 e. The van der Waals surface area contributed by atoms with Crippen LogP contribution in [0.2, 0.25) is 0 Å². The second kappa shape index (κ2) is 5.96. The van der Waals surface area contributed by atoms with Crippen molar-refractivity contribution in [2.45, 2.75) is 33.7 Å². The maximum atomic E-state index is 13.9. The summed E-state index contributed by atoms with van der Waals surface area (Å²) < 4.78 is 14.6. The normalized spacial score (nSPS) is 12.3. The van der Waals surface area contributed by atoms with Crippen LogP contribution in [0, 0.1) is 26.6 Å². The van der Waals surface area contributed by atoms with Crippen LogP contribution in [0.15, 0.2) is 34.8 Å². The summed E-state index contributed by atoms with van der Waals surface area (Å²) in [5.74, 6) is -0.242. The number of aryl methyl sites for hydroxylation is 3. The van der Waals surface area contributed by atoms with Crippen LogP contribution in [-0.2, 0) is 0 Å². The summed E-state index contributed by atoms with van der Waals surface area (Å²) >= 11 is 3.39. The molecule has 1 atom stereocenters. The zero-order chi connectivity index (χ0) is 14.9. The fourth-order valence-electron chi connectivity index (χ4n) is 2.80. The molecule has 106 valence electrons. The predicted octanol–water partition coefficient (Wildman–Crippen LogP) is 5.69. The minimum atomic E-state index is -0.242. The van der Waals surface area contributed by atoms with E-state index in [-0.39, 0.29) is 11.9 Å². The van der Waals surface area contributed by atoms with Crippen LogP contribution < -0.4 is 5.32 Å². The highest BCUT2D eigenvalue weighted by molar-refractivity contribution is 9.10. The molecule has 0 heterocycles. The largest absolute Gasteiger partial charge is 0.375 e. The Balaban J connectivity index is 2.36. The van der Waals surface area contributed by atoms with E-state index in [9.17, 15) is 4.39 Å². The lowest BCUT2D eigenvalue weighted by Crippen LogP contribution is -2.11. The molecule has 0 aliphatic rings. The van der Waals surface area contributed by atoms with E-state index < -0.39 is 0 Å². The highest BCUT2D eigenvalue weighted by Gasteiger charge is 2.15. The fraction of sp³-hybridized carbons (Fsp3) is 0.294. The summed E-state index contributed by atoms with van der Waals surface area (Å²) in [6.07, 6.45) is 0. The van der Waals surface area contributed by atoms with E-state index in [1.807, 2.05) is 6.07 Å². The summed E-state index contributed by atoms with van der Waals surface area (Å²) in [5.41, 5.74) is 5.46. The second-order valence-corrected chi connectivity index (χ2v) is 6.13. The van der Waals surface area contributed by atoms with Crippen molar-refractivity contribution in [2.24, 2.45) is 0 Å². The molecule has 0 aliphatic carbocycles. The molecule has 2 aromatic carbocycles. The van der Waals surface area contributed by atoms with Crippen molar-refractivity contribution >= 4 is 21.6 Å². The Kier molecular flexibility index (Phi) is 4.48. The monoisotopic (exact) mass is 335 g/mol. The van der Waals surface area contributed by atoms with E-state index in [0.29, 0.717) is 5.69 Å².